The van der Waals surface area contributed by atoms with E-state index < -0.39 is 11.9 Å². The lowest BCUT2D eigenvalue weighted by Gasteiger charge is -2.11. The molecule has 0 saturated heterocycles. The van der Waals surface area contributed by atoms with E-state index in [4.69, 9.17) is 44.9 Å². The maximum Gasteiger partial charge on any atom is 0.343 e. The summed E-state index contributed by atoms with van der Waals surface area (Å²) in [6.07, 6.45) is 1.42. The number of carbonyl (C=O) groups excluding carboxylic acids is 2. The fraction of sp³-hybridized carbons (Fsp3) is 0. The first kappa shape index (κ1) is 26.8. The molecule has 7 nitrogen and oxygen atoms in total. The fourth-order valence-electron chi connectivity index (χ4n) is 3.11. The number of hydrogen-bond donors (Lipinski definition) is 2. The molecular weight excluding hydrogens is 545 g/mol. The van der Waals surface area contributed by atoms with E-state index in [0.717, 1.165) is 5.69 Å². The molecule has 0 heterocycles. The van der Waals surface area contributed by atoms with Gasteiger partial charge in [0.25, 0.3) is 0 Å². The predicted molar refractivity (Wildman–Crippen MR) is 153 cm³/mol. The molecule has 0 aromatic heterocycles. The number of nitrogens with one attached hydrogen (secondary N) is 2. The molecule has 0 amide bonds. The van der Waals surface area contributed by atoms with E-state index in [1.165, 1.54) is 24.4 Å². The van der Waals surface area contributed by atoms with Crippen molar-refractivity contribution in [2.75, 3.05) is 5.32 Å². The fourth-order valence-corrected chi connectivity index (χ4v) is 3.53. The van der Waals surface area contributed by atoms with Gasteiger partial charge in [-0.25, -0.2) is 9.59 Å². The summed E-state index contributed by atoms with van der Waals surface area (Å²) >= 11 is 17.1. The first-order valence-electron chi connectivity index (χ1n) is 11.1. The van der Waals surface area contributed by atoms with E-state index in [1.807, 2.05) is 30.3 Å². The lowest BCUT2D eigenvalue weighted by molar-refractivity contribution is 0.0732. The Bertz CT molecular complexity index is 1480. The lowest BCUT2D eigenvalue weighted by Crippen LogP contribution is -2.23. The standard InChI is InChI=1S/C28H19Cl2N3O4S/c29-21-11-6-18(7-12-21)26(34)36-24-15-10-20(17-31-33-28(38)32-23-4-2-1-3-5-23)25(16-24)37-27(35)19-8-13-22(30)14-9-19/h1-17H,(H2,32,33,38)/b31-17-. The van der Waals surface area contributed by atoms with Gasteiger partial charge in [0, 0.05) is 27.4 Å². The smallest absolute Gasteiger partial charge is 0.343 e. The van der Waals surface area contributed by atoms with Crippen molar-refractivity contribution in [1.82, 2.24) is 5.43 Å². The third kappa shape index (κ3) is 7.63. The van der Waals surface area contributed by atoms with Crippen molar-refractivity contribution in [3.63, 3.8) is 0 Å². The van der Waals surface area contributed by atoms with Gasteiger partial charge in [-0.15, -0.1) is 0 Å². The molecule has 0 spiro atoms. The molecule has 0 aliphatic carbocycles. The van der Waals surface area contributed by atoms with Crippen LogP contribution in [-0.2, 0) is 0 Å². The number of esters is 2. The Hall–Kier alpha value is -4.24. The van der Waals surface area contributed by atoms with E-state index in [-0.39, 0.29) is 22.2 Å². The first-order chi connectivity index (χ1) is 18.4. The van der Waals surface area contributed by atoms with Crippen molar-refractivity contribution in [3.8, 4) is 11.5 Å². The van der Waals surface area contributed by atoms with Gasteiger partial charge >= 0.3 is 11.9 Å². The number of thiocarbonyl (C=S) groups is 1. The average molecular weight is 564 g/mol. The minimum atomic E-state index is -0.633. The number of hydrazone groups is 1. The van der Waals surface area contributed by atoms with E-state index in [1.54, 1.807) is 48.5 Å². The summed E-state index contributed by atoms with van der Waals surface area (Å²) in [5, 5.41) is 8.37. The highest BCUT2D eigenvalue weighted by Gasteiger charge is 2.15. The molecule has 4 aromatic carbocycles. The minimum absolute atomic E-state index is 0.110. The summed E-state index contributed by atoms with van der Waals surface area (Å²) in [6.45, 7) is 0. The number of para-hydroxylation sites is 1. The van der Waals surface area contributed by atoms with Crippen LogP contribution in [0.1, 0.15) is 26.3 Å². The highest BCUT2D eigenvalue weighted by molar-refractivity contribution is 7.80. The normalized spacial score (nSPS) is 10.6. The second-order valence-corrected chi connectivity index (χ2v) is 8.96. The number of anilines is 1. The number of benzene rings is 4. The Kier molecular flexibility index (Phi) is 9.05. The van der Waals surface area contributed by atoms with E-state index in [0.29, 0.717) is 21.2 Å². The zero-order valence-electron chi connectivity index (χ0n) is 19.6. The highest BCUT2D eigenvalue weighted by atomic mass is 35.5. The van der Waals surface area contributed by atoms with Crippen LogP contribution in [0.5, 0.6) is 11.5 Å². The second kappa shape index (κ2) is 12.8. The number of nitrogens with zero attached hydrogens (tertiary/aromatic N) is 1. The molecular formula is C28H19Cl2N3O4S. The molecule has 4 rings (SSSR count). The SMILES string of the molecule is O=C(Oc1ccc(/C=N\NC(=S)Nc2ccccc2)c(OC(=O)c2ccc(Cl)cc2)c1)c1ccc(Cl)cc1. The summed E-state index contributed by atoms with van der Waals surface area (Å²) in [5.74, 6) is -0.960. The number of rotatable bonds is 7. The van der Waals surface area contributed by atoms with Gasteiger partial charge in [0.1, 0.15) is 11.5 Å². The van der Waals surface area contributed by atoms with Gasteiger partial charge in [-0.1, -0.05) is 41.4 Å². The van der Waals surface area contributed by atoms with Crippen LogP contribution in [0.3, 0.4) is 0 Å². The van der Waals surface area contributed by atoms with Crippen LogP contribution in [0.4, 0.5) is 5.69 Å². The summed E-state index contributed by atoms with van der Waals surface area (Å²) in [4.78, 5) is 25.3. The number of hydrogen-bond acceptors (Lipinski definition) is 6. The van der Waals surface area contributed by atoms with E-state index >= 15 is 0 Å². The van der Waals surface area contributed by atoms with Crippen molar-refractivity contribution < 1.29 is 19.1 Å². The Morgan fingerprint density at radius 1 is 0.763 bits per heavy atom. The number of carbonyl (C=O) groups is 2. The summed E-state index contributed by atoms with van der Waals surface area (Å²) in [6, 6.07) is 26.4. The summed E-state index contributed by atoms with van der Waals surface area (Å²) < 4.78 is 11.1. The third-order valence-corrected chi connectivity index (χ3v) is 5.66. The Morgan fingerprint density at radius 2 is 1.34 bits per heavy atom. The van der Waals surface area contributed by atoms with Crippen molar-refractivity contribution in [2.24, 2.45) is 5.10 Å². The summed E-state index contributed by atoms with van der Waals surface area (Å²) in [7, 11) is 0. The van der Waals surface area contributed by atoms with Crippen LogP contribution in [0.2, 0.25) is 10.0 Å². The predicted octanol–water partition coefficient (Wildman–Crippen LogP) is 6.75. The van der Waals surface area contributed by atoms with Crippen molar-refractivity contribution >= 4 is 64.4 Å². The Morgan fingerprint density at radius 3 is 1.95 bits per heavy atom. The molecule has 0 unspecified atom stereocenters. The van der Waals surface area contributed by atoms with E-state index in [2.05, 4.69) is 15.8 Å². The molecule has 0 aliphatic heterocycles. The molecule has 190 valence electrons. The number of ether oxygens (including phenoxy) is 2. The molecule has 38 heavy (non-hydrogen) atoms. The average Bonchev–Trinajstić information content (AvgIpc) is 2.91. The van der Waals surface area contributed by atoms with Gasteiger partial charge in [-0.2, -0.15) is 5.10 Å². The van der Waals surface area contributed by atoms with Crippen LogP contribution >= 0.6 is 35.4 Å². The molecule has 0 aliphatic rings. The maximum atomic E-state index is 12.8. The van der Waals surface area contributed by atoms with Crippen molar-refractivity contribution in [2.45, 2.75) is 0 Å². The third-order valence-electron chi connectivity index (χ3n) is 4.96. The Labute approximate surface area is 234 Å². The molecule has 0 bridgehead atoms. The topological polar surface area (TPSA) is 89.0 Å². The molecule has 2 N–H and O–H groups in total. The quantitative estimate of drug-likeness (QED) is 0.0844. The van der Waals surface area contributed by atoms with Gasteiger partial charge in [0.05, 0.1) is 17.3 Å². The van der Waals surface area contributed by atoms with Crippen molar-refractivity contribution in [1.29, 1.82) is 0 Å². The summed E-state index contributed by atoms with van der Waals surface area (Å²) in [5.41, 5.74) is 4.52. The molecule has 4 aromatic rings. The van der Waals surface area contributed by atoms with Gasteiger partial charge in [0.2, 0.25) is 0 Å². The first-order valence-corrected chi connectivity index (χ1v) is 12.3. The minimum Gasteiger partial charge on any atom is -0.423 e. The zero-order chi connectivity index (χ0) is 26.9. The zero-order valence-corrected chi connectivity index (χ0v) is 21.9. The monoisotopic (exact) mass is 563 g/mol. The largest absolute Gasteiger partial charge is 0.423 e. The second-order valence-electron chi connectivity index (χ2n) is 7.68. The molecule has 0 fully saturated rings. The van der Waals surface area contributed by atoms with Gasteiger partial charge < -0.3 is 14.8 Å². The molecule has 0 atom stereocenters. The van der Waals surface area contributed by atoms with Crippen LogP contribution in [0.15, 0.2) is 102 Å². The lowest BCUT2D eigenvalue weighted by atomic mass is 10.2. The van der Waals surface area contributed by atoms with Crippen LogP contribution in [0.25, 0.3) is 0 Å². The van der Waals surface area contributed by atoms with Crippen LogP contribution in [0, 0.1) is 0 Å². The van der Waals surface area contributed by atoms with Gasteiger partial charge in [0.15, 0.2) is 5.11 Å². The van der Waals surface area contributed by atoms with Gasteiger partial charge in [-0.05, 0) is 85.0 Å². The molecule has 10 heteroatoms. The molecule has 0 radical (unpaired) electrons. The van der Waals surface area contributed by atoms with Crippen LogP contribution < -0.4 is 20.2 Å². The van der Waals surface area contributed by atoms with Crippen molar-refractivity contribution in [3.05, 3.63) is 124 Å². The molecule has 0 saturated carbocycles. The van der Waals surface area contributed by atoms with E-state index in [9.17, 15) is 9.59 Å². The van der Waals surface area contributed by atoms with Gasteiger partial charge in [-0.3, -0.25) is 5.43 Å². The highest BCUT2D eigenvalue weighted by Crippen LogP contribution is 2.26. The van der Waals surface area contributed by atoms with Crippen LogP contribution in [-0.4, -0.2) is 23.3 Å². The Balaban J connectivity index is 1.53. The maximum absolute atomic E-state index is 12.8. The number of halogens is 2.